The molecule has 0 amide bonds. The lowest BCUT2D eigenvalue weighted by molar-refractivity contribution is -0.148. The zero-order valence-electron chi connectivity index (χ0n) is 11.0. The molecule has 0 aliphatic carbocycles. The predicted molar refractivity (Wildman–Crippen MR) is 65.5 cm³/mol. The van der Waals surface area contributed by atoms with E-state index >= 15 is 0 Å². The summed E-state index contributed by atoms with van der Waals surface area (Å²) < 4.78 is 31.7. The fourth-order valence-electron chi connectivity index (χ4n) is 1.49. The molecule has 0 aliphatic rings. The van der Waals surface area contributed by atoms with Crippen molar-refractivity contribution < 1.29 is 18.3 Å². The van der Waals surface area contributed by atoms with Crippen LogP contribution in [0, 0.1) is 11.6 Å². The molecule has 5 heteroatoms. The smallest absolute Gasteiger partial charge is 0.331 e. The summed E-state index contributed by atoms with van der Waals surface area (Å²) in [6, 6.07) is 3.11. The molecule has 0 spiro atoms. The lowest BCUT2D eigenvalue weighted by Gasteiger charge is -2.35. The summed E-state index contributed by atoms with van der Waals surface area (Å²) in [6.45, 7) is 5.11. The van der Waals surface area contributed by atoms with Gasteiger partial charge in [-0.3, -0.25) is 0 Å². The van der Waals surface area contributed by atoms with Crippen LogP contribution >= 0.6 is 0 Å². The van der Waals surface area contributed by atoms with Crippen LogP contribution in [-0.4, -0.2) is 25.2 Å². The number of carbonyl (C=O) groups excluding carboxylic acids is 1. The summed E-state index contributed by atoms with van der Waals surface area (Å²) in [7, 11) is 1.52. The van der Waals surface area contributed by atoms with E-state index in [9.17, 15) is 13.6 Å². The summed E-state index contributed by atoms with van der Waals surface area (Å²) in [4.78, 5) is 13.2. The van der Waals surface area contributed by atoms with Crippen LogP contribution < -0.4 is 4.90 Å². The number of anilines is 1. The van der Waals surface area contributed by atoms with Crippen molar-refractivity contribution in [2.75, 3.05) is 18.6 Å². The normalized spacial score (nSPS) is 11.2. The van der Waals surface area contributed by atoms with Crippen molar-refractivity contribution in [1.82, 2.24) is 0 Å². The summed E-state index contributed by atoms with van der Waals surface area (Å²) in [6.07, 6.45) is 0. The van der Waals surface area contributed by atoms with Gasteiger partial charge in [-0.05, 0) is 32.9 Å². The highest BCUT2D eigenvalue weighted by molar-refractivity contribution is 5.84. The number of ether oxygens (including phenoxy) is 1. The largest absolute Gasteiger partial charge is 0.464 e. The second-order valence-electron chi connectivity index (χ2n) is 4.43. The van der Waals surface area contributed by atoms with E-state index in [-0.39, 0.29) is 12.3 Å². The molecular weight excluding hydrogens is 240 g/mol. The van der Waals surface area contributed by atoms with E-state index in [2.05, 4.69) is 0 Å². The predicted octanol–water partition coefficient (Wildman–Crippen LogP) is 2.74. The number of esters is 1. The molecular formula is C13H17F2NO2. The van der Waals surface area contributed by atoms with E-state index < -0.39 is 23.1 Å². The van der Waals surface area contributed by atoms with Crippen molar-refractivity contribution in [3.63, 3.8) is 0 Å². The summed E-state index contributed by atoms with van der Waals surface area (Å²) in [5, 5.41) is 0. The summed E-state index contributed by atoms with van der Waals surface area (Å²) in [5.41, 5.74) is -1.06. The monoisotopic (exact) mass is 257 g/mol. The Morgan fingerprint density at radius 3 is 2.56 bits per heavy atom. The van der Waals surface area contributed by atoms with E-state index in [1.54, 1.807) is 20.8 Å². The maximum atomic E-state index is 13.6. The van der Waals surface area contributed by atoms with Crippen LogP contribution in [0.25, 0.3) is 0 Å². The van der Waals surface area contributed by atoms with Crippen molar-refractivity contribution in [1.29, 1.82) is 0 Å². The number of benzene rings is 1. The third kappa shape index (κ3) is 2.78. The highest BCUT2D eigenvalue weighted by atomic mass is 19.1. The Balaban J connectivity index is 3.08. The average molecular weight is 257 g/mol. The van der Waals surface area contributed by atoms with Crippen LogP contribution in [0.2, 0.25) is 0 Å². The standard InChI is InChI=1S/C13H17F2NO2/c1-5-18-12(17)13(2,3)16(4)11-8-9(14)6-7-10(11)15/h6-8H,5H2,1-4H3. The van der Waals surface area contributed by atoms with Gasteiger partial charge >= 0.3 is 5.97 Å². The maximum Gasteiger partial charge on any atom is 0.331 e. The number of halogens is 2. The second-order valence-corrected chi connectivity index (χ2v) is 4.43. The highest BCUT2D eigenvalue weighted by Crippen LogP contribution is 2.26. The SMILES string of the molecule is CCOC(=O)C(C)(C)N(C)c1cc(F)ccc1F. The number of hydrogen-bond acceptors (Lipinski definition) is 3. The van der Waals surface area contributed by atoms with Gasteiger partial charge in [0.15, 0.2) is 0 Å². The molecule has 0 aliphatic heterocycles. The molecule has 1 aromatic carbocycles. The van der Waals surface area contributed by atoms with Crippen molar-refractivity contribution in [3.05, 3.63) is 29.8 Å². The van der Waals surface area contributed by atoms with E-state index in [0.717, 1.165) is 18.2 Å². The fourth-order valence-corrected chi connectivity index (χ4v) is 1.49. The van der Waals surface area contributed by atoms with Gasteiger partial charge in [-0.1, -0.05) is 0 Å². The number of rotatable bonds is 4. The molecule has 0 bridgehead atoms. The molecule has 18 heavy (non-hydrogen) atoms. The molecule has 0 saturated heterocycles. The minimum atomic E-state index is -1.08. The van der Waals surface area contributed by atoms with Gasteiger partial charge in [-0.25, -0.2) is 13.6 Å². The number of nitrogens with zero attached hydrogens (tertiary/aromatic N) is 1. The Morgan fingerprint density at radius 2 is 2.00 bits per heavy atom. The van der Waals surface area contributed by atoms with Gasteiger partial charge in [0.2, 0.25) is 0 Å². The minimum absolute atomic E-state index is 0.0213. The second kappa shape index (κ2) is 5.33. The topological polar surface area (TPSA) is 29.5 Å². The summed E-state index contributed by atoms with van der Waals surface area (Å²) >= 11 is 0. The number of carbonyl (C=O) groups is 1. The van der Waals surface area contributed by atoms with Crippen LogP contribution in [0.15, 0.2) is 18.2 Å². The van der Waals surface area contributed by atoms with Gasteiger partial charge in [0.1, 0.15) is 17.2 Å². The first-order valence-corrected chi connectivity index (χ1v) is 5.66. The van der Waals surface area contributed by atoms with Crippen LogP contribution in [-0.2, 0) is 9.53 Å². The van der Waals surface area contributed by atoms with Gasteiger partial charge in [0.25, 0.3) is 0 Å². The van der Waals surface area contributed by atoms with Gasteiger partial charge in [0, 0.05) is 13.1 Å². The van der Waals surface area contributed by atoms with Gasteiger partial charge in [-0.15, -0.1) is 0 Å². The molecule has 0 aromatic heterocycles. The fraction of sp³-hybridized carbons (Fsp3) is 0.462. The van der Waals surface area contributed by atoms with Crippen LogP contribution in [0.4, 0.5) is 14.5 Å². The molecule has 0 radical (unpaired) electrons. The van der Waals surface area contributed by atoms with Crippen molar-refractivity contribution >= 4 is 11.7 Å². The molecule has 0 heterocycles. The molecule has 0 N–H and O–H groups in total. The quantitative estimate of drug-likeness (QED) is 0.777. The number of hydrogen-bond donors (Lipinski definition) is 0. The third-order valence-corrected chi connectivity index (χ3v) is 2.88. The molecule has 0 unspecified atom stereocenters. The van der Waals surface area contributed by atoms with Gasteiger partial charge in [-0.2, -0.15) is 0 Å². The Morgan fingerprint density at radius 1 is 1.39 bits per heavy atom. The number of likely N-dealkylation sites (N-methyl/N-ethyl adjacent to an activating group) is 1. The minimum Gasteiger partial charge on any atom is -0.464 e. The Bertz CT molecular complexity index is 447. The molecule has 100 valence electrons. The zero-order chi connectivity index (χ0) is 13.9. The van der Waals surface area contributed by atoms with Crippen molar-refractivity contribution in [2.45, 2.75) is 26.3 Å². The Kier molecular flexibility index (Phi) is 4.27. The maximum absolute atomic E-state index is 13.6. The van der Waals surface area contributed by atoms with Crippen molar-refractivity contribution in [2.24, 2.45) is 0 Å². The average Bonchev–Trinajstić information content (AvgIpc) is 2.31. The van der Waals surface area contributed by atoms with Crippen LogP contribution in [0.3, 0.4) is 0 Å². The van der Waals surface area contributed by atoms with E-state index in [1.807, 2.05) is 0 Å². The van der Waals surface area contributed by atoms with Crippen molar-refractivity contribution in [3.8, 4) is 0 Å². The summed E-state index contributed by atoms with van der Waals surface area (Å²) in [5.74, 6) is -1.63. The lowest BCUT2D eigenvalue weighted by atomic mass is 10.0. The zero-order valence-corrected chi connectivity index (χ0v) is 11.0. The molecule has 1 aromatic rings. The lowest BCUT2D eigenvalue weighted by Crippen LogP contribution is -2.49. The van der Waals surface area contributed by atoms with E-state index in [4.69, 9.17) is 4.74 Å². The molecule has 3 nitrogen and oxygen atoms in total. The third-order valence-electron chi connectivity index (χ3n) is 2.88. The molecule has 1 rings (SSSR count). The Labute approximate surface area is 105 Å². The van der Waals surface area contributed by atoms with Crippen LogP contribution in [0.1, 0.15) is 20.8 Å². The Hall–Kier alpha value is -1.65. The first-order valence-electron chi connectivity index (χ1n) is 5.66. The molecule has 0 saturated carbocycles. The molecule has 0 atom stereocenters. The van der Waals surface area contributed by atoms with E-state index in [1.165, 1.54) is 11.9 Å². The highest BCUT2D eigenvalue weighted by Gasteiger charge is 2.35. The van der Waals surface area contributed by atoms with Crippen LogP contribution in [0.5, 0.6) is 0 Å². The first-order chi connectivity index (χ1) is 8.30. The van der Waals surface area contributed by atoms with Gasteiger partial charge < -0.3 is 9.64 Å². The molecule has 0 fully saturated rings. The van der Waals surface area contributed by atoms with Gasteiger partial charge in [0.05, 0.1) is 12.3 Å². The first kappa shape index (κ1) is 14.4. The van der Waals surface area contributed by atoms with E-state index in [0.29, 0.717) is 0 Å².